The predicted molar refractivity (Wildman–Crippen MR) is 101 cm³/mol. The van der Waals surface area contributed by atoms with E-state index < -0.39 is 17.5 Å². The summed E-state index contributed by atoms with van der Waals surface area (Å²) in [6.07, 6.45) is 0. The molecule has 0 radical (unpaired) electrons. The van der Waals surface area contributed by atoms with Crippen molar-refractivity contribution in [3.63, 3.8) is 0 Å². The number of carbonyl (C=O) groups excluding carboxylic acids is 1. The number of hydrogen-bond donors (Lipinski definition) is 1. The van der Waals surface area contributed by atoms with E-state index in [4.69, 9.17) is 23.2 Å². The molecule has 0 atom stereocenters. The minimum Gasteiger partial charge on any atom is -0.289 e. The Morgan fingerprint density at radius 1 is 1.11 bits per heavy atom. The van der Waals surface area contributed by atoms with Gasteiger partial charge in [-0.1, -0.05) is 23.2 Å². The molecule has 1 N–H and O–H groups in total. The van der Waals surface area contributed by atoms with Gasteiger partial charge in [0.05, 0.1) is 10.7 Å². The minimum absolute atomic E-state index is 0.0241. The maximum Gasteiger partial charge on any atom is 0.258 e. The molecule has 10 heteroatoms. The van der Waals surface area contributed by atoms with E-state index in [2.05, 4.69) is 15.4 Å². The molecule has 5 nitrogen and oxygen atoms in total. The Kier molecular flexibility index (Phi) is 4.55. The lowest BCUT2D eigenvalue weighted by Crippen LogP contribution is -2.13. The van der Waals surface area contributed by atoms with Crippen molar-refractivity contribution in [3.05, 3.63) is 69.0 Å². The van der Waals surface area contributed by atoms with Crippen molar-refractivity contribution in [2.24, 2.45) is 0 Å². The van der Waals surface area contributed by atoms with E-state index in [1.54, 1.807) is 18.2 Å². The van der Waals surface area contributed by atoms with E-state index in [-0.39, 0.29) is 11.5 Å². The molecule has 0 bridgehead atoms. The van der Waals surface area contributed by atoms with Crippen molar-refractivity contribution in [3.8, 4) is 11.3 Å². The Bertz CT molecular complexity index is 1190. The molecule has 0 aliphatic carbocycles. The van der Waals surface area contributed by atoms with Crippen LogP contribution in [-0.2, 0) is 0 Å². The summed E-state index contributed by atoms with van der Waals surface area (Å²) in [5, 5.41) is 9.52. The molecule has 0 saturated carbocycles. The predicted octanol–water partition coefficient (Wildman–Crippen LogP) is 5.30. The van der Waals surface area contributed by atoms with Crippen LogP contribution in [0.2, 0.25) is 10.0 Å². The number of amides is 1. The van der Waals surface area contributed by atoms with Gasteiger partial charge in [0.25, 0.3) is 11.9 Å². The van der Waals surface area contributed by atoms with Crippen LogP contribution in [-0.4, -0.2) is 20.5 Å². The third kappa shape index (κ3) is 3.39. The monoisotopic (exact) mass is 424 g/mol. The van der Waals surface area contributed by atoms with Gasteiger partial charge in [-0.05, 0) is 36.4 Å². The Morgan fingerprint density at radius 2 is 1.93 bits per heavy atom. The number of nitrogens with one attached hydrogen (secondary N) is 1. The van der Waals surface area contributed by atoms with Crippen LogP contribution in [0.15, 0.2) is 41.8 Å². The fourth-order valence-electron chi connectivity index (χ4n) is 2.42. The highest BCUT2D eigenvalue weighted by molar-refractivity contribution is 7.15. The smallest absolute Gasteiger partial charge is 0.258 e. The first-order chi connectivity index (χ1) is 12.9. The largest absolute Gasteiger partial charge is 0.289 e. The molecule has 0 saturated heterocycles. The summed E-state index contributed by atoms with van der Waals surface area (Å²) in [7, 11) is 0. The Labute approximate surface area is 165 Å². The molecule has 0 fully saturated rings. The summed E-state index contributed by atoms with van der Waals surface area (Å²) in [5.41, 5.74) is 1.27. The Morgan fingerprint density at radius 3 is 2.70 bits per heavy atom. The third-order valence-electron chi connectivity index (χ3n) is 3.69. The number of hydrogen-bond acceptors (Lipinski definition) is 4. The first-order valence-electron chi connectivity index (χ1n) is 7.48. The van der Waals surface area contributed by atoms with Crippen LogP contribution in [0.4, 0.5) is 14.7 Å². The number of anilines is 1. The van der Waals surface area contributed by atoms with Crippen LogP contribution in [0.1, 0.15) is 10.4 Å². The summed E-state index contributed by atoms with van der Waals surface area (Å²) in [4.78, 5) is 16.9. The van der Waals surface area contributed by atoms with E-state index in [0.29, 0.717) is 26.3 Å². The maximum absolute atomic E-state index is 13.3. The maximum atomic E-state index is 13.3. The number of halogens is 4. The van der Waals surface area contributed by atoms with Gasteiger partial charge in [0, 0.05) is 21.5 Å². The lowest BCUT2D eigenvalue weighted by atomic mass is 10.2. The fourth-order valence-corrected chi connectivity index (χ4v) is 3.63. The van der Waals surface area contributed by atoms with Gasteiger partial charge in [0.1, 0.15) is 0 Å². The summed E-state index contributed by atoms with van der Waals surface area (Å²) in [6, 6.07) is 7.90. The number of fused-ring (bicyclic) bond motifs is 1. The van der Waals surface area contributed by atoms with Crippen LogP contribution in [0.3, 0.4) is 0 Å². The second kappa shape index (κ2) is 6.88. The topological polar surface area (TPSA) is 59.3 Å². The molecule has 27 heavy (non-hydrogen) atoms. The highest BCUT2D eigenvalue weighted by Gasteiger charge is 2.17. The van der Waals surface area contributed by atoms with Gasteiger partial charge >= 0.3 is 0 Å². The third-order valence-corrected chi connectivity index (χ3v) is 5.07. The second-order valence-corrected chi connectivity index (χ2v) is 7.14. The van der Waals surface area contributed by atoms with Gasteiger partial charge in [0.15, 0.2) is 11.6 Å². The summed E-state index contributed by atoms with van der Waals surface area (Å²) in [5.74, 6) is -2.78. The van der Waals surface area contributed by atoms with Crippen LogP contribution in [0.25, 0.3) is 16.2 Å². The van der Waals surface area contributed by atoms with Gasteiger partial charge < -0.3 is 0 Å². The van der Waals surface area contributed by atoms with Crippen molar-refractivity contribution in [2.75, 3.05) is 5.32 Å². The lowest BCUT2D eigenvalue weighted by Gasteiger charge is -2.03. The number of rotatable bonds is 3. The molecule has 4 aromatic rings. The minimum atomic E-state index is -1.11. The highest BCUT2D eigenvalue weighted by Crippen LogP contribution is 2.33. The van der Waals surface area contributed by atoms with Crippen LogP contribution in [0, 0.1) is 11.6 Å². The average molecular weight is 425 g/mol. The number of carbonyl (C=O) groups is 1. The van der Waals surface area contributed by atoms with Crippen molar-refractivity contribution < 1.29 is 13.6 Å². The molecule has 2 heterocycles. The fraction of sp³-hybridized carbons (Fsp3) is 0. The van der Waals surface area contributed by atoms with E-state index in [0.717, 1.165) is 12.1 Å². The van der Waals surface area contributed by atoms with Crippen molar-refractivity contribution >= 4 is 51.4 Å². The zero-order valence-electron chi connectivity index (χ0n) is 13.2. The van der Waals surface area contributed by atoms with Crippen molar-refractivity contribution in [1.82, 2.24) is 14.6 Å². The molecule has 0 spiro atoms. The zero-order chi connectivity index (χ0) is 19.1. The van der Waals surface area contributed by atoms with Gasteiger partial charge in [0.2, 0.25) is 4.96 Å². The first kappa shape index (κ1) is 17.8. The molecule has 0 aliphatic heterocycles. The SMILES string of the molecule is O=C(Nc1nc2scc(-c3cc(Cl)ccc3Cl)n2n1)c1ccc(F)c(F)c1. The highest BCUT2D eigenvalue weighted by atomic mass is 35.5. The zero-order valence-corrected chi connectivity index (χ0v) is 15.5. The van der Waals surface area contributed by atoms with Gasteiger partial charge in [-0.3, -0.25) is 10.1 Å². The molecular weight excluding hydrogens is 417 g/mol. The summed E-state index contributed by atoms with van der Waals surface area (Å²) >= 11 is 13.6. The van der Waals surface area contributed by atoms with Gasteiger partial charge in [-0.25, -0.2) is 13.3 Å². The van der Waals surface area contributed by atoms with E-state index >= 15 is 0 Å². The molecule has 2 aromatic carbocycles. The van der Waals surface area contributed by atoms with Gasteiger partial charge in [-0.2, -0.15) is 4.98 Å². The molecule has 0 aliphatic rings. The van der Waals surface area contributed by atoms with E-state index in [1.165, 1.54) is 21.9 Å². The van der Waals surface area contributed by atoms with Crippen LogP contribution in [0.5, 0.6) is 0 Å². The first-order valence-corrected chi connectivity index (χ1v) is 9.12. The molecule has 1 amide bonds. The standard InChI is InChI=1S/C17H8Cl2F2N4OS/c18-9-2-3-11(19)10(6-9)14-7-27-17-23-16(24-25(14)17)22-15(26)8-1-4-12(20)13(21)5-8/h1-7H,(H,22,24,26). The molecule has 4 rings (SSSR count). The molecule has 0 unspecified atom stereocenters. The number of aromatic nitrogens is 3. The number of benzene rings is 2. The number of thiazole rings is 1. The van der Waals surface area contributed by atoms with Crippen molar-refractivity contribution in [1.29, 1.82) is 0 Å². The quantitative estimate of drug-likeness (QED) is 0.485. The molecule has 2 aromatic heterocycles. The Hall–Kier alpha value is -2.55. The Balaban J connectivity index is 1.66. The van der Waals surface area contributed by atoms with Crippen molar-refractivity contribution in [2.45, 2.75) is 0 Å². The van der Waals surface area contributed by atoms with E-state index in [1.807, 2.05) is 5.38 Å². The number of nitrogens with zero attached hydrogens (tertiary/aromatic N) is 3. The van der Waals surface area contributed by atoms with Crippen LogP contribution >= 0.6 is 34.5 Å². The second-order valence-electron chi connectivity index (χ2n) is 5.46. The molecular formula is C17H8Cl2F2N4OS. The summed E-state index contributed by atoms with van der Waals surface area (Å²) < 4.78 is 27.8. The van der Waals surface area contributed by atoms with E-state index in [9.17, 15) is 13.6 Å². The normalized spacial score (nSPS) is 11.1. The summed E-state index contributed by atoms with van der Waals surface area (Å²) in [6.45, 7) is 0. The van der Waals surface area contributed by atoms with Gasteiger partial charge in [-0.15, -0.1) is 16.4 Å². The average Bonchev–Trinajstić information content (AvgIpc) is 3.19. The van der Waals surface area contributed by atoms with Crippen LogP contribution < -0.4 is 5.32 Å². The lowest BCUT2D eigenvalue weighted by molar-refractivity contribution is 0.102. The molecule has 136 valence electrons.